The van der Waals surface area contributed by atoms with Gasteiger partial charge in [-0.2, -0.15) is 9.97 Å². The van der Waals surface area contributed by atoms with E-state index in [1.807, 2.05) is 23.6 Å². The first-order valence-electron chi connectivity index (χ1n) is 19.9. The maximum atomic E-state index is 14.4. The van der Waals surface area contributed by atoms with E-state index in [0.29, 0.717) is 62.2 Å². The molecule has 4 aliphatic heterocycles. The number of hydrogen-bond donors (Lipinski definition) is 0. The molecular formula is C43H44F4N12O4. The van der Waals surface area contributed by atoms with Crippen molar-refractivity contribution in [1.82, 2.24) is 39.0 Å². The molecular weight excluding hydrogens is 825 g/mol. The number of halogens is 4. The van der Waals surface area contributed by atoms with Crippen LogP contribution in [0.4, 0.5) is 40.6 Å². The number of nitrogens with zero attached hydrogens (tertiary/aromatic N) is 12. The van der Waals surface area contributed by atoms with Gasteiger partial charge in [-0.05, 0) is 37.1 Å². The Kier molecular flexibility index (Phi) is 11.2. The Morgan fingerprint density at radius 1 is 0.635 bits per heavy atom. The van der Waals surface area contributed by atoms with E-state index in [1.165, 1.54) is 36.7 Å². The summed E-state index contributed by atoms with van der Waals surface area (Å²) in [5.74, 6) is -0.645. The van der Waals surface area contributed by atoms with E-state index >= 15 is 0 Å². The predicted octanol–water partition coefficient (Wildman–Crippen LogP) is 5.77. The van der Waals surface area contributed by atoms with Crippen LogP contribution in [0.1, 0.15) is 34.1 Å². The lowest BCUT2D eigenvalue weighted by molar-refractivity contribution is -0.129. The van der Waals surface area contributed by atoms with Crippen LogP contribution in [-0.4, -0.2) is 116 Å². The summed E-state index contributed by atoms with van der Waals surface area (Å²) in [5.41, 5.74) is -0.203. The highest BCUT2D eigenvalue weighted by Gasteiger charge is 2.53. The van der Waals surface area contributed by atoms with Crippen molar-refractivity contribution in [2.75, 3.05) is 73.2 Å². The van der Waals surface area contributed by atoms with Gasteiger partial charge < -0.3 is 29.1 Å². The van der Waals surface area contributed by atoms with Gasteiger partial charge in [0, 0.05) is 64.1 Å². The van der Waals surface area contributed by atoms with Gasteiger partial charge in [-0.25, -0.2) is 37.5 Å². The van der Waals surface area contributed by atoms with Crippen LogP contribution in [0.3, 0.4) is 0 Å². The summed E-state index contributed by atoms with van der Waals surface area (Å²) in [7, 11) is 3.40. The van der Waals surface area contributed by atoms with E-state index in [1.54, 1.807) is 57.8 Å². The minimum absolute atomic E-state index is 0. The Morgan fingerprint density at radius 2 is 1.05 bits per heavy atom. The average Bonchev–Trinajstić information content (AvgIpc) is 3.98. The maximum Gasteiger partial charge on any atom is 0.255 e. The highest BCUT2D eigenvalue weighted by molar-refractivity contribution is 6.08. The van der Waals surface area contributed by atoms with Gasteiger partial charge in [0.25, 0.3) is 11.8 Å². The first-order valence-corrected chi connectivity index (χ1v) is 19.9. The zero-order valence-electron chi connectivity index (χ0n) is 34.1. The Labute approximate surface area is 359 Å². The Morgan fingerprint density at radius 3 is 1.43 bits per heavy atom. The van der Waals surface area contributed by atoms with E-state index in [9.17, 15) is 27.2 Å². The topological polar surface area (TPSA) is 153 Å². The van der Waals surface area contributed by atoms with Gasteiger partial charge in [-0.1, -0.05) is 21.3 Å². The number of rotatable bonds is 6. The second kappa shape index (κ2) is 16.5. The highest BCUT2D eigenvalue weighted by atomic mass is 19.1. The van der Waals surface area contributed by atoms with Gasteiger partial charge in [-0.3, -0.25) is 18.7 Å². The van der Waals surface area contributed by atoms with Gasteiger partial charge >= 0.3 is 0 Å². The summed E-state index contributed by atoms with van der Waals surface area (Å²) >= 11 is 0. The van der Waals surface area contributed by atoms with Crippen LogP contribution in [0.15, 0.2) is 73.6 Å². The average molecular weight is 869 g/mol. The van der Waals surface area contributed by atoms with E-state index in [2.05, 4.69) is 19.9 Å². The predicted molar refractivity (Wildman–Crippen MR) is 225 cm³/mol. The first kappa shape index (κ1) is 42.9. The number of carbonyl (C=O) groups excluding carboxylic acids is 2. The van der Waals surface area contributed by atoms with E-state index < -0.39 is 34.3 Å². The minimum Gasteiger partial charge on any atom is -0.377 e. The number of aromatic nitrogens is 8. The SMILES string of the molecule is C.CC[C@@]12COCCN1c1nc(-n3ccnc3-c3ccc(F)cc3F)ncc1N(C)C2=O.CC[C@]12COCCN1c1nc(-n3ccnc3-c3ccc(F)cc3F)ncc1N(C)C2=O. The van der Waals surface area contributed by atoms with Crippen molar-refractivity contribution in [2.45, 2.75) is 45.2 Å². The highest BCUT2D eigenvalue weighted by Crippen LogP contribution is 2.43. The summed E-state index contributed by atoms with van der Waals surface area (Å²) in [5, 5.41) is 0. The Hall–Kier alpha value is -6.80. The lowest BCUT2D eigenvalue weighted by atomic mass is 9.89. The molecule has 6 aromatic rings. The third-order valence-electron chi connectivity index (χ3n) is 12.0. The second-order valence-electron chi connectivity index (χ2n) is 15.2. The molecule has 2 saturated heterocycles. The molecule has 0 spiro atoms. The molecule has 328 valence electrons. The van der Waals surface area contributed by atoms with Crippen molar-refractivity contribution in [2.24, 2.45) is 0 Å². The van der Waals surface area contributed by atoms with E-state index in [0.717, 1.165) is 12.1 Å². The number of hydrogen-bond acceptors (Lipinski definition) is 12. The summed E-state index contributed by atoms with van der Waals surface area (Å²) in [6, 6.07) is 6.64. The normalized spacial score (nSPS) is 20.3. The number of carbonyl (C=O) groups is 2. The molecule has 2 atom stereocenters. The number of imidazole rings is 2. The van der Waals surface area contributed by atoms with Crippen molar-refractivity contribution in [1.29, 1.82) is 0 Å². The Bertz CT molecular complexity index is 2550. The molecule has 0 bridgehead atoms. The van der Waals surface area contributed by atoms with Gasteiger partial charge in [0.15, 0.2) is 11.6 Å². The molecule has 8 heterocycles. The fourth-order valence-corrected chi connectivity index (χ4v) is 8.57. The van der Waals surface area contributed by atoms with Gasteiger partial charge in [0.2, 0.25) is 11.9 Å². The number of likely N-dealkylation sites (N-methyl/N-ethyl adjacent to an activating group) is 2. The van der Waals surface area contributed by atoms with Crippen LogP contribution in [0, 0.1) is 23.3 Å². The molecule has 16 nitrogen and oxygen atoms in total. The minimum atomic E-state index is -0.827. The lowest BCUT2D eigenvalue weighted by Crippen LogP contribution is -2.68. The van der Waals surface area contributed by atoms with Crippen LogP contribution in [-0.2, 0) is 19.1 Å². The molecule has 10 rings (SSSR count). The van der Waals surface area contributed by atoms with Crippen LogP contribution in [0.25, 0.3) is 34.7 Å². The molecule has 63 heavy (non-hydrogen) atoms. The molecule has 0 radical (unpaired) electrons. The number of amides is 2. The van der Waals surface area contributed by atoms with Crippen molar-refractivity contribution in [3.8, 4) is 34.7 Å². The molecule has 0 unspecified atom stereocenters. The summed E-state index contributed by atoms with van der Waals surface area (Å²) in [6.45, 7) is 6.45. The summed E-state index contributed by atoms with van der Waals surface area (Å²) in [6.07, 6.45) is 10.5. The first-order chi connectivity index (χ1) is 29.9. The molecule has 2 fully saturated rings. The smallest absolute Gasteiger partial charge is 0.255 e. The Balaban J connectivity index is 0.000000170. The molecule has 2 aromatic carbocycles. The quantitative estimate of drug-likeness (QED) is 0.187. The molecule has 0 aliphatic carbocycles. The number of morpholine rings is 2. The fraction of sp³-hybridized carbons (Fsp3) is 0.349. The van der Waals surface area contributed by atoms with Gasteiger partial charge in [0.05, 0.1) is 49.9 Å². The van der Waals surface area contributed by atoms with Crippen LogP contribution in [0.5, 0.6) is 0 Å². The second-order valence-corrected chi connectivity index (χ2v) is 15.2. The largest absolute Gasteiger partial charge is 0.377 e. The zero-order chi connectivity index (χ0) is 43.5. The van der Waals surface area contributed by atoms with Gasteiger partial charge in [0.1, 0.15) is 57.4 Å². The third-order valence-corrected chi connectivity index (χ3v) is 12.0. The van der Waals surface area contributed by atoms with Crippen LogP contribution >= 0.6 is 0 Å². The monoisotopic (exact) mass is 868 g/mol. The van der Waals surface area contributed by atoms with Crippen molar-refractivity contribution >= 4 is 34.8 Å². The molecule has 20 heteroatoms. The molecule has 2 amide bonds. The number of benzene rings is 2. The van der Waals surface area contributed by atoms with Crippen LogP contribution in [0.2, 0.25) is 0 Å². The lowest BCUT2D eigenvalue weighted by Gasteiger charge is -2.51. The van der Waals surface area contributed by atoms with Crippen molar-refractivity contribution < 1.29 is 36.6 Å². The maximum absolute atomic E-state index is 14.4. The molecule has 0 N–H and O–H groups in total. The number of anilines is 4. The standard InChI is InChI=1S/2C21H20F2N6O2.CH4/c2*1-3-21-12-31-9-8-29(21)18-16(27(2)19(21)30)11-25-20(26-18)28-7-6-24-17(28)14-5-4-13(22)10-15(14)23;/h2*4-7,10-11H,3,8-9,12H2,1-2H3;1H4/t2*21-;/m10./s1. The molecule has 4 aromatic heterocycles. The van der Waals surface area contributed by atoms with Crippen LogP contribution < -0.4 is 19.6 Å². The summed E-state index contributed by atoms with van der Waals surface area (Å²) in [4.78, 5) is 60.1. The van der Waals surface area contributed by atoms with Gasteiger partial charge in [-0.15, -0.1) is 0 Å². The van der Waals surface area contributed by atoms with Crippen molar-refractivity contribution in [3.05, 3.63) is 96.8 Å². The fourth-order valence-electron chi connectivity index (χ4n) is 8.57. The third kappa shape index (κ3) is 6.83. The number of fused-ring (bicyclic) bond motifs is 6. The molecule has 4 aliphatic rings. The zero-order valence-corrected chi connectivity index (χ0v) is 34.1. The van der Waals surface area contributed by atoms with E-state index in [-0.39, 0.29) is 67.1 Å². The summed E-state index contributed by atoms with van der Waals surface area (Å²) < 4.78 is 69.9. The molecule has 0 saturated carbocycles. The van der Waals surface area contributed by atoms with Crippen molar-refractivity contribution in [3.63, 3.8) is 0 Å². The number of ether oxygens (including phenoxy) is 2. The van der Waals surface area contributed by atoms with E-state index in [4.69, 9.17) is 19.4 Å².